The first-order valence-electron chi connectivity index (χ1n) is 11.1. The van der Waals surface area contributed by atoms with Gasteiger partial charge in [-0.1, -0.05) is 30.3 Å². The van der Waals surface area contributed by atoms with Crippen LogP contribution in [0.25, 0.3) is 28.2 Å². The number of aromatic nitrogens is 5. The van der Waals surface area contributed by atoms with Gasteiger partial charge in [0.1, 0.15) is 5.52 Å². The van der Waals surface area contributed by atoms with Crippen LogP contribution in [0.15, 0.2) is 54.9 Å². The number of rotatable bonds is 4. The van der Waals surface area contributed by atoms with Crippen LogP contribution in [-0.4, -0.2) is 57.6 Å². The lowest BCUT2D eigenvalue weighted by molar-refractivity contribution is 0.112. The van der Waals surface area contributed by atoms with Crippen molar-refractivity contribution in [3.8, 4) is 17.2 Å². The minimum Gasteiger partial charge on any atom is -0.378 e. The lowest BCUT2D eigenvalue weighted by atomic mass is 10.1. The topological polar surface area (TPSA) is 78.2 Å². The quantitative estimate of drug-likeness (QED) is 0.492. The fourth-order valence-corrected chi connectivity index (χ4v) is 4.32. The van der Waals surface area contributed by atoms with Gasteiger partial charge in [-0.2, -0.15) is 10.1 Å². The maximum atomic E-state index is 5.87. The van der Waals surface area contributed by atoms with E-state index < -0.39 is 0 Å². The first kappa shape index (κ1) is 19.3. The van der Waals surface area contributed by atoms with Crippen molar-refractivity contribution in [3.05, 3.63) is 60.4 Å². The Morgan fingerprint density at radius 2 is 1.84 bits per heavy atom. The van der Waals surface area contributed by atoms with E-state index >= 15 is 0 Å². The van der Waals surface area contributed by atoms with E-state index in [1.807, 2.05) is 48.8 Å². The Hall–Kier alpha value is -3.36. The predicted octanol–water partition coefficient (Wildman–Crippen LogP) is 3.57. The minimum absolute atomic E-state index is 0.0894. The zero-order chi connectivity index (χ0) is 21.3. The van der Waals surface area contributed by atoms with Gasteiger partial charge in [0.25, 0.3) is 5.95 Å². The fraction of sp³-hybridized carbons (Fsp3) is 0.333. The second-order valence-corrected chi connectivity index (χ2v) is 8.10. The van der Waals surface area contributed by atoms with E-state index in [2.05, 4.69) is 11.0 Å². The van der Waals surface area contributed by atoms with Gasteiger partial charge < -0.3 is 14.4 Å². The van der Waals surface area contributed by atoms with Crippen LogP contribution in [0.1, 0.15) is 24.5 Å². The lowest BCUT2D eigenvalue weighted by Crippen LogP contribution is -2.37. The summed E-state index contributed by atoms with van der Waals surface area (Å²) in [5.41, 5.74) is 4.61. The first-order chi connectivity index (χ1) is 15.8. The van der Waals surface area contributed by atoms with Crippen molar-refractivity contribution in [1.82, 2.24) is 24.7 Å². The molecule has 0 spiro atoms. The molecule has 1 atom stereocenters. The van der Waals surface area contributed by atoms with Gasteiger partial charge in [-0.15, -0.1) is 0 Å². The Morgan fingerprint density at radius 1 is 0.969 bits per heavy atom. The van der Waals surface area contributed by atoms with Crippen LogP contribution in [-0.2, 0) is 9.47 Å². The molecular weight excluding hydrogens is 404 g/mol. The number of nitrogens with zero attached hydrogens (tertiary/aromatic N) is 6. The van der Waals surface area contributed by atoms with Gasteiger partial charge in [-0.05, 0) is 25.0 Å². The third kappa shape index (κ3) is 3.61. The Balaban J connectivity index is 1.46. The maximum absolute atomic E-state index is 5.87. The third-order valence-electron chi connectivity index (χ3n) is 6.00. The lowest BCUT2D eigenvalue weighted by Gasteiger charge is -2.28. The van der Waals surface area contributed by atoms with Crippen LogP contribution < -0.4 is 4.90 Å². The van der Waals surface area contributed by atoms with Crippen molar-refractivity contribution in [3.63, 3.8) is 0 Å². The fourth-order valence-electron chi connectivity index (χ4n) is 4.32. The number of morpholine rings is 1. The second-order valence-electron chi connectivity index (χ2n) is 8.10. The van der Waals surface area contributed by atoms with Crippen molar-refractivity contribution in [1.29, 1.82) is 0 Å². The van der Waals surface area contributed by atoms with E-state index in [1.165, 1.54) is 0 Å². The Labute approximate surface area is 185 Å². The van der Waals surface area contributed by atoms with Crippen molar-refractivity contribution in [2.45, 2.75) is 18.9 Å². The predicted molar refractivity (Wildman–Crippen MR) is 121 cm³/mol. The molecule has 0 bridgehead atoms. The molecule has 2 aliphatic heterocycles. The molecule has 0 N–H and O–H groups in total. The molecule has 2 fully saturated rings. The van der Waals surface area contributed by atoms with E-state index in [4.69, 9.17) is 29.5 Å². The number of anilines is 1. The smallest absolute Gasteiger partial charge is 0.253 e. The van der Waals surface area contributed by atoms with Gasteiger partial charge in [0.2, 0.25) is 0 Å². The van der Waals surface area contributed by atoms with Crippen molar-refractivity contribution < 1.29 is 9.47 Å². The zero-order valence-corrected chi connectivity index (χ0v) is 17.7. The number of hydrogen-bond acceptors (Lipinski definition) is 7. The average Bonchev–Trinajstić information content (AvgIpc) is 3.57. The standard InChI is InChI=1S/C24H24N6O2/c1-2-5-17(6-3-1)19-8-9-30(28-19)24-26-20-15-18(21-7-4-12-32-21)16-25-22(20)23(27-24)29-10-13-31-14-11-29/h1-3,5-6,8-9,15-16,21H,4,7,10-14H2. The molecule has 2 aliphatic rings. The summed E-state index contributed by atoms with van der Waals surface area (Å²) < 4.78 is 13.2. The monoisotopic (exact) mass is 428 g/mol. The van der Waals surface area contributed by atoms with Crippen molar-refractivity contribution >= 4 is 16.9 Å². The number of fused-ring (bicyclic) bond motifs is 1. The van der Waals surface area contributed by atoms with Crippen LogP contribution in [0, 0.1) is 0 Å². The van der Waals surface area contributed by atoms with Crippen LogP contribution in [0.4, 0.5) is 5.82 Å². The molecule has 2 saturated heterocycles. The van der Waals surface area contributed by atoms with Crippen LogP contribution >= 0.6 is 0 Å². The summed E-state index contributed by atoms with van der Waals surface area (Å²) in [6.07, 6.45) is 6.00. The average molecular weight is 428 g/mol. The summed E-state index contributed by atoms with van der Waals surface area (Å²) in [7, 11) is 0. The Kier molecular flexibility index (Phi) is 5.01. The molecule has 162 valence electrons. The summed E-state index contributed by atoms with van der Waals surface area (Å²) in [6, 6.07) is 14.2. The molecule has 8 heteroatoms. The van der Waals surface area contributed by atoms with E-state index in [0.717, 1.165) is 66.2 Å². The van der Waals surface area contributed by atoms with Gasteiger partial charge in [0.15, 0.2) is 5.82 Å². The van der Waals surface area contributed by atoms with Gasteiger partial charge in [0.05, 0.1) is 30.5 Å². The highest BCUT2D eigenvalue weighted by Crippen LogP contribution is 2.31. The summed E-state index contributed by atoms with van der Waals surface area (Å²) in [4.78, 5) is 16.7. The van der Waals surface area contributed by atoms with E-state index in [0.29, 0.717) is 19.2 Å². The van der Waals surface area contributed by atoms with E-state index in [1.54, 1.807) is 4.68 Å². The Bertz CT molecular complexity index is 1230. The molecule has 0 amide bonds. The highest BCUT2D eigenvalue weighted by atomic mass is 16.5. The molecule has 1 aromatic carbocycles. The van der Waals surface area contributed by atoms with Crippen LogP contribution in [0.5, 0.6) is 0 Å². The summed E-state index contributed by atoms with van der Waals surface area (Å²) >= 11 is 0. The highest BCUT2D eigenvalue weighted by Gasteiger charge is 2.23. The maximum Gasteiger partial charge on any atom is 0.253 e. The van der Waals surface area contributed by atoms with Crippen LogP contribution in [0.2, 0.25) is 0 Å². The second kappa shape index (κ2) is 8.29. The number of pyridine rings is 1. The highest BCUT2D eigenvalue weighted by molar-refractivity contribution is 5.86. The van der Waals surface area contributed by atoms with Gasteiger partial charge >= 0.3 is 0 Å². The SMILES string of the molecule is c1ccc(-c2ccn(-c3nc(N4CCOCC4)c4ncc(C5CCCO5)cc4n3)n2)cc1. The Morgan fingerprint density at radius 3 is 2.66 bits per heavy atom. The number of hydrogen-bond donors (Lipinski definition) is 0. The molecule has 32 heavy (non-hydrogen) atoms. The van der Waals surface area contributed by atoms with Gasteiger partial charge in [-0.25, -0.2) is 9.67 Å². The van der Waals surface area contributed by atoms with E-state index in [-0.39, 0.29) is 6.10 Å². The molecule has 0 aliphatic carbocycles. The molecule has 6 rings (SSSR count). The number of benzene rings is 1. The van der Waals surface area contributed by atoms with Crippen molar-refractivity contribution in [2.24, 2.45) is 0 Å². The normalized spacial score (nSPS) is 19.0. The largest absolute Gasteiger partial charge is 0.378 e. The molecule has 8 nitrogen and oxygen atoms in total. The van der Waals surface area contributed by atoms with Gasteiger partial charge in [-0.3, -0.25) is 4.98 Å². The summed E-state index contributed by atoms with van der Waals surface area (Å²) in [5.74, 6) is 1.36. The molecular formula is C24H24N6O2. The van der Waals surface area contributed by atoms with Crippen molar-refractivity contribution in [2.75, 3.05) is 37.8 Å². The minimum atomic E-state index is 0.0894. The molecule has 4 aromatic rings. The van der Waals surface area contributed by atoms with Gasteiger partial charge in [0, 0.05) is 43.2 Å². The molecule has 3 aromatic heterocycles. The molecule has 5 heterocycles. The zero-order valence-electron chi connectivity index (χ0n) is 17.7. The summed E-state index contributed by atoms with van der Waals surface area (Å²) in [6.45, 7) is 3.69. The third-order valence-corrected chi connectivity index (χ3v) is 6.00. The first-order valence-corrected chi connectivity index (χ1v) is 11.1. The summed E-state index contributed by atoms with van der Waals surface area (Å²) in [5, 5.41) is 4.75. The van der Waals surface area contributed by atoms with E-state index in [9.17, 15) is 0 Å². The molecule has 0 saturated carbocycles. The molecule has 0 radical (unpaired) electrons. The van der Waals surface area contributed by atoms with Crippen LogP contribution in [0.3, 0.4) is 0 Å². The molecule has 1 unspecified atom stereocenters. The number of ether oxygens (including phenoxy) is 2.